The van der Waals surface area contributed by atoms with E-state index in [9.17, 15) is 0 Å². The summed E-state index contributed by atoms with van der Waals surface area (Å²) in [6.07, 6.45) is 2.24. The normalized spacial score (nSPS) is 19.8. The van der Waals surface area contributed by atoms with Crippen molar-refractivity contribution < 1.29 is 4.74 Å². The number of aliphatic imine (C=N–C) groups is 1. The number of nitrogens with zero attached hydrogens (tertiary/aromatic N) is 1. The zero-order chi connectivity index (χ0) is 15.0. The summed E-state index contributed by atoms with van der Waals surface area (Å²) in [5, 5.41) is 6.98. The van der Waals surface area contributed by atoms with Gasteiger partial charge in [0.25, 0.3) is 0 Å². The standard InChI is InChI=1S/C15H31N3OS.HI/c1-6-20-15(7-9-19-10-8-15)11-17-14(16-5)18-13(4)12(2)3;/h12-13H,6-11H2,1-5H3,(H2,16,17,18);1H. The SMILES string of the molecule is CCSC1(CNC(=NC)NC(C)C(C)C)CCOCC1.I. The summed E-state index contributed by atoms with van der Waals surface area (Å²) >= 11 is 2.05. The molecule has 0 saturated carbocycles. The Balaban J connectivity index is 0.00000400. The van der Waals surface area contributed by atoms with E-state index in [-0.39, 0.29) is 24.0 Å². The first-order valence-electron chi connectivity index (χ1n) is 7.72. The molecule has 1 unspecified atom stereocenters. The minimum atomic E-state index is 0. The third-order valence-corrected chi connectivity index (χ3v) is 5.47. The average molecular weight is 429 g/mol. The Hall–Kier alpha value is 0.310. The molecule has 21 heavy (non-hydrogen) atoms. The molecule has 0 radical (unpaired) electrons. The van der Waals surface area contributed by atoms with Gasteiger partial charge in [-0.25, -0.2) is 0 Å². The van der Waals surface area contributed by atoms with Crippen LogP contribution < -0.4 is 10.6 Å². The second-order valence-electron chi connectivity index (χ2n) is 5.83. The first-order valence-corrected chi connectivity index (χ1v) is 8.70. The van der Waals surface area contributed by atoms with E-state index in [0.29, 0.717) is 16.7 Å². The van der Waals surface area contributed by atoms with Gasteiger partial charge in [0.2, 0.25) is 0 Å². The fourth-order valence-corrected chi connectivity index (χ4v) is 3.49. The highest BCUT2D eigenvalue weighted by molar-refractivity contribution is 14.0. The van der Waals surface area contributed by atoms with Gasteiger partial charge in [-0.2, -0.15) is 11.8 Å². The van der Waals surface area contributed by atoms with Crippen LogP contribution in [-0.4, -0.2) is 49.3 Å². The lowest BCUT2D eigenvalue weighted by Gasteiger charge is -2.37. The minimum absolute atomic E-state index is 0. The van der Waals surface area contributed by atoms with Crippen molar-refractivity contribution in [1.82, 2.24) is 10.6 Å². The summed E-state index contributed by atoms with van der Waals surface area (Å²) in [7, 11) is 1.84. The summed E-state index contributed by atoms with van der Waals surface area (Å²) in [5.74, 6) is 2.65. The highest BCUT2D eigenvalue weighted by Crippen LogP contribution is 2.34. The summed E-state index contributed by atoms with van der Waals surface area (Å²) < 4.78 is 5.81. The molecule has 1 fully saturated rings. The van der Waals surface area contributed by atoms with Gasteiger partial charge in [0.1, 0.15) is 0 Å². The lowest BCUT2D eigenvalue weighted by atomic mass is 9.99. The molecule has 0 aromatic rings. The molecule has 1 heterocycles. The van der Waals surface area contributed by atoms with Crippen LogP contribution >= 0.6 is 35.7 Å². The first kappa shape index (κ1) is 21.3. The summed E-state index contributed by atoms with van der Waals surface area (Å²) in [5.41, 5.74) is 0. The predicted molar refractivity (Wildman–Crippen MR) is 105 cm³/mol. The zero-order valence-corrected chi connectivity index (χ0v) is 17.2. The second kappa shape index (κ2) is 10.9. The Morgan fingerprint density at radius 1 is 1.29 bits per heavy atom. The van der Waals surface area contributed by atoms with Gasteiger partial charge in [-0.15, -0.1) is 24.0 Å². The monoisotopic (exact) mass is 429 g/mol. The van der Waals surface area contributed by atoms with E-state index in [2.05, 4.69) is 55.1 Å². The van der Waals surface area contributed by atoms with Crippen LogP contribution in [0.2, 0.25) is 0 Å². The average Bonchev–Trinajstić information content (AvgIpc) is 2.44. The third kappa shape index (κ3) is 7.41. The van der Waals surface area contributed by atoms with Crippen LogP contribution in [0.15, 0.2) is 4.99 Å². The van der Waals surface area contributed by atoms with E-state index < -0.39 is 0 Å². The Morgan fingerprint density at radius 3 is 2.38 bits per heavy atom. The predicted octanol–water partition coefficient (Wildman–Crippen LogP) is 3.12. The van der Waals surface area contributed by atoms with Gasteiger partial charge in [0, 0.05) is 37.6 Å². The molecule has 2 N–H and O–H groups in total. The maximum absolute atomic E-state index is 5.51. The molecule has 126 valence electrons. The van der Waals surface area contributed by atoms with Crippen molar-refractivity contribution in [1.29, 1.82) is 0 Å². The number of hydrogen-bond acceptors (Lipinski definition) is 3. The number of halogens is 1. The van der Waals surface area contributed by atoms with E-state index in [4.69, 9.17) is 4.74 Å². The molecule has 1 atom stereocenters. The molecule has 1 aliphatic rings. The highest BCUT2D eigenvalue weighted by atomic mass is 127. The lowest BCUT2D eigenvalue weighted by molar-refractivity contribution is 0.0782. The number of thioether (sulfide) groups is 1. The molecule has 0 bridgehead atoms. The molecule has 0 aliphatic carbocycles. The van der Waals surface area contributed by atoms with Crippen LogP contribution in [0.5, 0.6) is 0 Å². The van der Waals surface area contributed by atoms with Crippen molar-refractivity contribution in [3.63, 3.8) is 0 Å². The third-order valence-electron chi connectivity index (χ3n) is 4.02. The maximum atomic E-state index is 5.51. The van der Waals surface area contributed by atoms with Crippen molar-refractivity contribution in [2.45, 2.75) is 51.3 Å². The van der Waals surface area contributed by atoms with E-state index in [1.54, 1.807) is 0 Å². The molecule has 1 saturated heterocycles. The highest BCUT2D eigenvalue weighted by Gasteiger charge is 2.32. The minimum Gasteiger partial charge on any atom is -0.381 e. The van der Waals surface area contributed by atoms with Gasteiger partial charge >= 0.3 is 0 Å². The van der Waals surface area contributed by atoms with E-state index in [1.807, 2.05) is 7.05 Å². The van der Waals surface area contributed by atoms with Crippen molar-refractivity contribution in [3.05, 3.63) is 0 Å². The van der Waals surface area contributed by atoms with Crippen LogP contribution in [0, 0.1) is 5.92 Å². The summed E-state index contributed by atoms with van der Waals surface area (Å²) in [4.78, 5) is 4.34. The molecule has 1 rings (SSSR count). The second-order valence-corrected chi connectivity index (χ2v) is 7.56. The fourth-order valence-electron chi connectivity index (χ4n) is 2.24. The Kier molecular flexibility index (Phi) is 11.1. The molecule has 0 aromatic heterocycles. The summed E-state index contributed by atoms with van der Waals surface area (Å²) in [6, 6.07) is 0.422. The van der Waals surface area contributed by atoms with Crippen LogP contribution in [-0.2, 0) is 4.74 Å². The van der Waals surface area contributed by atoms with Gasteiger partial charge in [0.15, 0.2) is 5.96 Å². The number of ether oxygens (including phenoxy) is 1. The smallest absolute Gasteiger partial charge is 0.191 e. The molecule has 0 aromatic carbocycles. The quantitative estimate of drug-likeness (QED) is 0.387. The van der Waals surface area contributed by atoms with E-state index in [0.717, 1.165) is 44.3 Å². The van der Waals surface area contributed by atoms with Crippen molar-refractivity contribution in [2.24, 2.45) is 10.9 Å². The fraction of sp³-hybridized carbons (Fsp3) is 0.933. The van der Waals surface area contributed by atoms with Crippen molar-refractivity contribution >= 4 is 41.7 Å². The largest absolute Gasteiger partial charge is 0.381 e. The maximum Gasteiger partial charge on any atom is 0.191 e. The van der Waals surface area contributed by atoms with Crippen LogP contribution in [0.1, 0.15) is 40.5 Å². The molecule has 4 nitrogen and oxygen atoms in total. The number of rotatable bonds is 6. The van der Waals surface area contributed by atoms with Crippen LogP contribution in [0.3, 0.4) is 0 Å². The molecular weight excluding hydrogens is 397 g/mol. The van der Waals surface area contributed by atoms with Gasteiger partial charge in [0.05, 0.1) is 0 Å². The number of hydrogen-bond donors (Lipinski definition) is 2. The summed E-state index contributed by atoms with van der Waals surface area (Å²) in [6.45, 7) is 11.6. The van der Waals surface area contributed by atoms with Gasteiger partial charge < -0.3 is 15.4 Å². The lowest BCUT2D eigenvalue weighted by Crippen LogP contribution is -2.50. The number of nitrogens with one attached hydrogen (secondary N) is 2. The topological polar surface area (TPSA) is 45.7 Å². The Bertz CT molecular complexity index is 302. The Morgan fingerprint density at radius 2 is 1.90 bits per heavy atom. The Labute approximate surface area is 151 Å². The van der Waals surface area contributed by atoms with Crippen LogP contribution in [0.4, 0.5) is 0 Å². The first-order chi connectivity index (χ1) is 9.53. The molecular formula is C15H32IN3OS. The van der Waals surface area contributed by atoms with Gasteiger partial charge in [-0.05, 0) is 31.4 Å². The van der Waals surface area contributed by atoms with Crippen molar-refractivity contribution in [2.75, 3.05) is 32.6 Å². The zero-order valence-electron chi connectivity index (χ0n) is 14.1. The van der Waals surface area contributed by atoms with Crippen LogP contribution in [0.25, 0.3) is 0 Å². The van der Waals surface area contributed by atoms with E-state index in [1.165, 1.54) is 0 Å². The molecule has 1 aliphatic heterocycles. The molecule has 0 amide bonds. The van der Waals surface area contributed by atoms with Gasteiger partial charge in [-0.1, -0.05) is 20.8 Å². The molecule has 6 heteroatoms. The molecule has 0 spiro atoms. The van der Waals surface area contributed by atoms with Crippen molar-refractivity contribution in [3.8, 4) is 0 Å². The number of guanidine groups is 1. The van der Waals surface area contributed by atoms with Gasteiger partial charge in [-0.3, -0.25) is 4.99 Å². The van der Waals surface area contributed by atoms with E-state index >= 15 is 0 Å².